The molecule has 3 heteroatoms. The minimum atomic E-state index is 0.703. The molecule has 0 bridgehead atoms. The van der Waals surface area contributed by atoms with Crippen LogP contribution < -0.4 is 4.90 Å². The van der Waals surface area contributed by atoms with Crippen LogP contribution in [0.3, 0.4) is 0 Å². The molecule has 334 valence electrons. The summed E-state index contributed by atoms with van der Waals surface area (Å²) in [5, 5.41) is 2.39. The highest BCUT2D eigenvalue weighted by Gasteiger charge is 2.16. The summed E-state index contributed by atoms with van der Waals surface area (Å²) < 4.78 is 0. The lowest BCUT2D eigenvalue weighted by molar-refractivity contribution is 1.18. The van der Waals surface area contributed by atoms with E-state index in [0.717, 1.165) is 56.3 Å². The fourth-order valence-electron chi connectivity index (χ4n) is 9.52. The molecule has 12 aromatic rings. The molecule has 71 heavy (non-hydrogen) atoms. The van der Waals surface area contributed by atoms with Gasteiger partial charge in [-0.05, 0) is 127 Å². The van der Waals surface area contributed by atoms with Gasteiger partial charge in [0.25, 0.3) is 0 Å². The molecule has 0 unspecified atom stereocenters. The van der Waals surface area contributed by atoms with Crippen molar-refractivity contribution in [1.82, 2.24) is 9.97 Å². The molecule has 0 radical (unpaired) electrons. The summed E-state index contributed by atoms with van der Waals surface area (Å²) in [4.78, 5) is 12.5. The van der Waals surface area contributed by atoms with Gasteiger partial charge < -0.3 is 4.90 Å². The molecule has 3 nitrogen and oxygen atoms in total. The molecule has 0 fully saturated rings. The van der Waals surface area contributed by atoms with Crippen LogP contribution in [0, 0.1) is 0 Å². The maximum absolute atomic E-state index is 5.11. The van der Waals surface area contributed by atoms with Crippen LogP contribution in [0.15, 0.2) is 285 Å². The number of rotatable bonds is 11. The van der Waals surface area contributed by atoms with E-state index in [1.54, 1.807) is 0 Å². The van der Waals surface area contributed by atoms with E-state index in [9.17, 15) is 0 Å². The van der Waals surface area contributed by atoms with Crippen molar-refractivity contribution < 1.29 is 0 Å². The van der Waals surface area contributed by atoms with Crippen molar-refractivity contribution in [3.05, 3.63) is 285 Å². The summed E-state index contributed by atoms with van der Waals surface area (Å²) in [5.41, 5.74) is 19.9. The van der Waals surface area contributed by atoms with E-state index in [4.69, 9.17) is 9.97 Å². The Kier molecular flexibility index (Phi) is 11.6. The zero-order valence-corrected chi connectivity index (χ0v) is 39.0. The smallest absolute Gasteiger partial charge is 0.160 e. The molecule has 0 saturated heterocycles. The van der Waals surface area contributed by atoms with Crippen LogP contribution in [0.1, 0.15) is 0 Å². The summed E-state index contributed by atoms with van der Waals surface area (Å²) >= 11 is 0. The van der Waals surface area contributed by atoms with Crippen molar-refractivity contribution in [2.45, 2.75) is 0 Å². The first-order chi connectivity index (χ1) is 35.1. The number of anilines is 3. The minimum absolute atomic E-state index is 0.703. The Labute approximate surface area is 415 Å². The van der Waals surface area contributed by atoms with Crippen LogP contribution in [-0.4, -0.2) is 9.97 Å². The number of fused-ring (bicyclic) bond motifs is 1. The number of nitrogens with zero attached hydrogens (tertiary/aromatic N) is 3. The second-order valence-electron chi connectivity index (χ2n) is 17.8. The van der Waals surface area contributed by atoms with Gasteiger partial charge in [-0.15, -0.1) is 0 Å². The highest BCUT2D eigenvalue weighted by Crippen LogP contribution is 2.39. The molecule has 0 aliphatic carbocycles. The van der Waals surface area contributed by atoms with E-state index in [1.165, 1.54) is 55.3 Å². The summed E-state index contributed by atoms with van der Waals surface area (Å²) in [6, 6.07) is 102. The highest BCUT2D eigenvalue weighted by molar-refractivity contribution is 5.88. The SMILES string of the molecule is c1ccc(-c2cccc(-c3ccc(N(c4ccc(-c5ccc(-c6cc(-c7ccc8ccccc8c7)nc(-c7ccccc7)n6)cc5)cc4)c4ccc(-c5cccc(-c6ccccc6)c5)cc4)cc3)c2)cc1. The van der Waals surface area contributed by atoms with Crippen molar-refractivity contribution in [1.29, 1.82) is 0 Å². The van der Waals surface area contributed by atoms with Gasteiger partial charge in [0.15, 0.2) is 5.82 Å². The molecule has 1 aromatic heterocycles. The second-order valence-corrected chi connectivity index (χ2v) is 17.8. The molecule has 12 rings (SSSR count). The summed E-state index contributed by atoms with van der Waals surface area (Å²) in [5.74, 6) is 0.703. The van der Waals surface area contributed by atoms with Gasteiger partial charge in [-0.2, -0.15) is 0 Å². The minimum Gasteiger partial charge on any atom is -0.311 e. The normalized spacial score (nSPS) is 11.1. The van der Waals surface area contributed by atoms with Gasteiger partial charge in [-0.25, -0.2) is 9.97 Å². The van der Waals surface area contributed by atoms with Crippen LogP contribution in [0.4, 0.5) is 17.1 Å². The average Bonchev–Trinajstić information content (AvgIpc) is 3.46. The van der Waals surface area contributed by atoms with Crippen molar-refractivity contribution in [3.8, 4) is 89.5 Å². The van der Waals surface area contributed by atoms with Crippen molar-refractivity contribution in [2.75, 3.05) is 4.90 Å². The maximum atomic E-state index is 5.11. The van der Waals surface area contributed by atoms with E-state index < -0.39 is 0 Å². The van der Waals surface area contributed by atoms with Gasteiger partial charge in [0.05, 0.1) is 11.4 Å². The lowest BCUT2D eigenvalue weighted by Gasteiger charge is -2.26. The molecular formula is C68H47N3. The molecule has 0 amide bonds. The fraction of sp³-hybridized carbons (Fsp3) is 0. The van der Waals surface area contributed by atoms with E-state index in [-0.39, 0.29) is 0 Å². The van der Waals surface area contributed by atoms with Crippen LogP contribution in [-0.2, 0) is 0 Å². The summed E-state index contributed by atoms with van der Waals surface area (Å²) in [7, 11) is 0. The predicted molar refractivity (Wildman–Crippen MR) is 298 cm³/mol. The van der Waals surface area contributed by atoms with E-state index in [0.29, 0.717) is 5.82 Å². The van der Waals surface area contributed by atoms with Gasteiger partial charge in [0.1, 0.15) is 0 Å². The first-order valence-electron chi connectivity index (χ1n) is 24.1. The second kappa shape index (κ2) is 19.3. The van der Waals surface area contributed by atoms with Gasteiger partial charge in [0.2, 0.25) is 0 Å². The lowest BCUT2D eigenvalue weighted by atomic mass is 9.98. The highest BCUT2D eigenvalue weighted by atomic mass is 15.1. The van der Waals surface area contributed by atoms with Crippen LogP contribution in [0.5, 0.6) is 0 Å². The van der Waals surface area contributed by atoms with Crippen molar-refractivity contribution in [3.63, 3.8) is 0 Å². The first-order valence-corrected chi connectivity index (χ1v) is 24.1. The van der Waals surface area contributed by atoms with Crippen LogP contribution in [0.25, 0.3) is 100 Å². The Morgan fingerprint density at radius 2 is 0.521 bits per heavy atom. The van der Waals surface area contributed by atoms with Gasteiger partial charge in [-0.3, -0.25) is 0 Å². The van der Waals surface area contributed by atoms with E-state index >= 15 is 0 Å². The van der Waals surface area contributed by atoms with Crippen LogP contribution >= 0.6 is 0 Å². The van der Waals surface area contributed by atoms with E-state index in [1.807, 2.05) is 18.2 Å². The Morgan fingerprint density at radius 3 is 0.986 bits per heavy atom. The molecule has 0 saturated carbocycles. The Morgan fingerprint density at radius 1 is 0.197 bits per heavy atom. The first kappa shape index (κ1) is 42.9. The Bertz CT molecular complexity index is 3630. The van der Waals surface area contributed by atoms with Crippen LogP contribution in [0.2, 0.25) is 0 Å². The Hall–Kier alpha value is -9.44. The molecular weight excluding hydrogens is 859 g/mol. The quantitative estimate of drug-likeness (QED) is 0.129. The molecule has 1 heterocycles. The predicted octanol–water partition coefficient (Wildman–Crippen LogP) is 18.4. The zero-order valence-electron chi connectivity index (χ0n) is 39.0. The van der Waals surface area contributed by atoms with Crippen molar-refractivity contribution in [2.24, 2.45) is 0 Å². The molecule has 0 spiro atoms. The molecule has 0 atom stereocenters. The molecule has 0 N–H and O–H groups in total. The molecule has 0 aliphatic rings. The van der Waals surface area contributed by atoms with Gasteiger partial charge >= 0.3 is 0 Å². The summed E-state index contributed by atoms with van der Waals surface area (Å²) in [6.07, 6.45) is 0. The topological polar surface area (TPSA) is 29.0 Å². The lowest BCUT2D eigenvalue weighted by Crippen LogP contribution is -2.09. The maximum Gasteiger partial charge on any atom is 0.160 e. The van der Waals surface area contributed by atoms with E-state index in [2.05, 4.69) is 272 Å². The van der Waals surface area contributed by atoms with Crippen molar-refractivity contribution >= 4 is 27.8 Å². The van der Waals surface area contributed by atoms with Gasteiger partial charge in [0, 0.05) is 33.8 Å². The number of aromatic nitrogens is 2. The monoisotopic (exact) mass is 905 g/mol. The zero-order chi connectivity index (χ0) is 47.3. The largest absolute Gasteiger partial charge is 0.311 e. The standard InChI is InChI=1S/C68H47N3/c1-4-14-48(15-5-1)58-22-12-24-60(44-58)53-34-40-64(41-35-53)71(65-42-36-54(37-43-65)61-25-13-23-59(45-61)49-16-6-2-7-17-49)63-38-32-52(33-39-63)51-26-29-55(30-27-51)66-47-67(70-68(69-66)56-19-8-3-9-20-56)62-31-28-50-18-10-11-21-57(50)46-62/h1-47H. The third-order valence-corrected chi connectivity index (χ3v) is 13.3. The van der Waals surface area contributed by atoms with Gasteiger partial charge in [-0.1, -0.05) is 224 Å². The number of hydrogen-bond donors (Lipinski definition) is 0. The number of hydrogen-bond acceptors (Lipinski definition) is 3. The molecule has 11 aromatic carbocycles. The Balaban J connectivity index is 0.863. The fourth-order valence-corrected chi connectivity index (χ4v) is 9.52. The molecule has 0 aliphatic heterocycles. The number of benzene rings is 11. The summed E-state index contributed by atoms with van der Waals surface area (Å²) in [6.45, 7) is 0. The average molecular weight is 906 g/mol. The third-order valence-electron chi connectivity index (χ3n) is 13.3. The third kappa shape index (κ3) is 9.16.